The summed E-state index contributed by atoms with van der Waals surface area (Å²) in [5.74, 6) is 8.31. The second-order valence-electron chi connectivity index (χ2n) is 33.5. The van der Waals surface area contributed by atoms with E-state index in [0.29, 0.717) is 106 Å². The first kappa shape index (κ1) is 74.4. The molecule has 2 bridgehead atoms. The first-order chi connectivity index (χ1) is 58.4. The van der Waals surface area contributed by atoms with Crippen molar-refractivity contribution < 1.29 is 27.7 Å². The van der Waals surface area contributed by atoms with Gasteiger partial charge < -0.3 is 77.4 Å². The lowest BCUT2D eigenvalue weighted by Gasteiger charge is -2.32. The van der Waals surface area contributed by atoms with Crippen LogP contribution in [0.15, 0.2) is 152 Å². The highest BCUT2D eigenvalue weighted by Gasteiger charge is 2.58. The maximum absolute atomic E-state index is 14.2. The zero-order valence-electron chi connectivity index (χ0n) is 66.6. The molecule has 9 unspecified atom stereocenters. The molecule has 7 aliphatic carbocycles. The lowest BCUT2D eigenvalue weighted by atomic mass is 9.96. The maximum Gasteiger partial charge on any atom is 0.324 e. The molecular formula is C91H87F2N23O4. The molecule has 11 heterocycles. The van der Waals surface area contributed by atoms with E-state index in [2.05, 4.69) is 123 Å². The fraction of sp³-hybridized carbons (Fsp3) is 0.319. The molecule has 27 nitrogen and oxygen atoms in total. The van der Waals surface area contributed by atoms with Gasteiger partial charge in [0.15, 0.2) is 5.75 Å². The predicted octanol–water partition coefficient (Wildman–Crippen LogP) is 12.2. The molecule has 12 aliphatic rings. The van der Waals surface area contributed by atoms with Crippen LogP contribution in [0.2, 0.25) is 0 Å². The molecule has 0 radical (unpaired) electrons. The molecule has 120 heavy (non-hydrogen) atoms. The van der Waals surface area contributed by atoms with Crippen LogP contribution in [0.1, 0.15) is 81.2 Å². The number of nitriles is 1. The number of hydrogen-bond donors (Lipinski definition) is 7. The number of nitrogens with zero attached hydrogens (tertiary/aromatic N) is 16. The Morgan fingerprint density at radius 3 is 1.62 bits per heavy atom. The number of piperidine rings is 3. The molecule has 5 aliphatic heterocycles. The Hall–Kier alpha value is -13.1. The highest BCUT2D eigenvalue weighted by Crippen LogP contribution is 2.55. The Labute approximate surface area is 691 Å². The van der Waals surface area contributed by atoms with Crippen molar-refractivity contribution in [2.45, 2.75) is 88.5 Å². The summed E-state index contributed by atoms with van der Waals surface area (Å²) >= 11 is 0. The third-order valence-electron chi connectivity index (χ3n) is 26.1. The first-order valence-corrected chi connectivity index (χ1v) is 41.0. The van der Waals surface area contributed by atoms with Crippen LogP contribution in [0.4, 0.5) is 49.1 Å². The topological polar surface area (TPSA) is 356 Å². The van der Waals surface area contributed by atoms with Crippen molar-refractivity contribution in [3.63, 3.8) is 0 Å². The molecule has 6 aromatic heterocycles. The molecule has 604 valence electrons. The van der Waals surface area contributed by atoms with Crippen LogP contribution in [-0.4, -0.2) is 151 Å². The average molecular weight is 1600 g/mol. The molecule has 0 spiro atoms. The van der Waals surface area contributed by atoms with E-state index in [0.717, 1.165) is 182 Å². The largest absolute Gasteiger partial charge is 0.424 e. The number of anilines is 7. The molecule has 11 N–H and O–H groups in total. The highest BCUT2D eigenvalue weighted by atomic mass is 19.1. The van der Waals surface area contributed by atoms with E-state index in [1.54, 1.807) is 55.1 Å². The molecule has 5 saturated heterocycles. The van der Waals surface area contributed by atoms with Crippen LogP contribution < -0.4 is 77.4 Å². The van der Waals surface area contributed by atoms with E-state index < -0.39 is 0 Å². The Morgan fingerprint density at radius 1 is 0.525 bits per heavy atom. The van der Waals surface area contributed by atoms with Crippen LogP contribution >= 0.6 is 0 Å². The monoisotopic (exact) mass is 1600 g/mol. The molecule has 0 amide bonds. The minimum atomic E-state index is -0.364. The number of hydrogen-bond acceptors (Lipinski definition) is 27. The highest BCUT2D eigenvalue weighted by molar-refractivity contribution is 5.92. The number of nitrogens with two attached hydrogens (primary N) is 4. The van der Waals surface area contributed by atoms with Gasteiger partial charge in [-0.15, -0.1) is 0 Å². The molecule has 3 saturated carbocycles. The SMILES string of the molecule is CNc1cccc2c1Cc1nc(Oc3cccc(F)c3)nc(N3CC4CNC4C3)c1-2.CNc1cccc2c1Cc1nc(Oc3cccnc3)nc(N3CC4CC4(N)C3)c1-2.Cc1cccc2c1Cc1nc(Oc3cccc(C#N)c3)nc(N3CC4C(N)C4C3)c1-2.Cc1ncc(Oc2nc3c(c(N4CC5CC4CC5N)n2)-c2cc(F)cc(N)c2C3)cn1. The minimum Gasteiger partial charge on any atom is -0.424 e. The summed E-state index contributed by atoms with van der Waals surface area (Å²) in [6, 6.07) is 43.5. The second-order valence-corrected chi connectivity index (χ2v) is 33.5. The van der Waals surface area contributed by atoms with Crippen molar-refractivity contribution in [2.24, 2.45) is 46.8 Å². The molecule has 9 atom stereocenters. The molecule has 24 rings (SSSR count). The van der Waals surface area contributed by atoms with Crippen LogP contribution in [0.3, 0.4) is 0 Å². The van der Waals surface area contributed by atoms with Crippen molar-refractivity contribution in [1.29, 1.82) is 5.26 Å². The number of pyridine rings is 1. The normalized spacial score (nSPS) is 22.6. The van der Waals surface area contributed by atoms with Gasteiger partial charge in [0.25, 0.3) is 0 Å². The molecule has 8 fully saturated rings. The summed E-state index contributed by atoms with van der Waals surface area (Å²) in [5.41, 5.74) is 46.4. The average Bonchev–Trinajstić information content (AvgIpc) is 1.56. The van der Waals surface area contributed by atoms with Gasteiger partial charge in [-0.1, -0.05) is 54.6 Å². The number of ether oxygens (including phenoxy) is 4. The number of fused-ring (bicyclic) bond motifs is 17. The number of nitrogens with one attached hydrogen (secondary N) is 3. The van der Waals surface area contributed by atoms with Gasteiger partial charge in [-0.25, -0.2) is 18.7 Å². The molecular weight excluding hydrogens is 1520 g/mol. The van der Waals surface area contributed by atoms with Crippen molar-refractivity contribution in [2.75, 3.05) is 102 Å². The van der Waals surface area contributed by atoms with Gasteiger partial charge in [0.2, 0.25) is 0 Å². The van der Waals surface area contributed by atoms with Crippen LogP contribution in [0.5, 0.6) is 47.0 Å². The van der Waals surface area contributed by atoms with Gasteiger partial charge in [0, 0.05) is 179 Å². The van der Waals surface area contributed by atoms with E-state index in [1.165, 1.54) is 63.2 Å². The standard InChI is InChI=1S/C24H21N5O.C23H22FN5O.C22H22FN7O.C22H22N6O/c1-13-4-2-7-16-17(13)9-20-21(16)23(29-11-18-19(12-29)22(18)26)28-24(27-20)30-15-6-3-5-14(8-15)10-25;1-25-18-7-3-6-16-17(18)9-19-21(16)22(29-11-13-10-26-20(13)12-29)28-23(27-19)30-15-5-2-4-14(24)8-15;1-10-26-7-14(8-27-10)31-22-28-19-6-15-16(3-12(23)4-18(15)25)20(19)21(29-22)30-9-11-2-13(30)5-17(11)24;1-24-17-6-2-5-15-16(17)8-18-19(15)20(28-11-13-9-22(13,23)12-28)27-21(26-18)29-14-4-3-7-25-10-14/h2-8,18-19,22H,9,11-12,26H2,1H3;2-8,13,20,25-26H,9-12H2,1H3;3-4,7-8,11,13,17H,2,5-6,9,24-25H2,1H3;2-7,10,13,24H,8-9,11-12,23H2,1H3. The number of rotatable bonds is 14. The number of aromatic nitrogens is 11. The third-order valence-corrected chi connectivity index (χ3v) is 26.1. The predicted molar refractivity (Wildman–Crippen MR) is 452 cm³/mol. The first-order valence-electron chi connectivity index (χ1n) is 41.0. The summed E-state index contributed by atoms with van der Waals surface area (Å²) in [6.45, 7) is 11.4. The van der Waals surface area contributed by atoms with Gasteiger partial charge in [-0.3, -0.25) is 4.98 Å². The quantitative estimate of drug-likeness (QED) is 0.0497. The zero-order chi connectivity index (χ0) is 81.5. The summed E-state index contributed by atoms with van der Waals surface area (Å²) in [7, 11) is 3.89. The fourth-order valence-corrected chi connectivity index (χ4v) is 19.7. The number of nitrogen functional groups attached to an aromatic ring is 1. The van der Waals surface area contributed by atoms with Crippen LogP contribution in [0, 0.1) is 66.4 Å². The minimum absolute atomic E-state index is 0.0591. The summed E-state index contributed by atoms with van der Waals surface area (Å²) in [6.07, 6.45) is 12.4. The third kappa shape index (κ3) is 13.5. The number of aryl methyl sites for hydroxylation is 2. The van der Waals surface area contributed by atoms with Crippen LogP contribution in [0.25, 0.3) is 44.5 Å². The Bertz CT molecular complexity index is 6150. The van der Waals surface area contributed by atoms with Crippen molar-refractivity contribution in [3.8, 4) is 97.6 Å². The summed E-state index contributed by atoms with van der Waals surface area (Å²) in [4.78, 5) is 60.0. The Morgan fingerprint density at radius 2 is 1.07 bits per heavy atom. The van der Waals surface area contributed by atoms with E-state index in [9.17, 15) is 8.78 Å². The van der Waals surface area contributed by atoms with E-state index in [-0.39, 0.29) is 35.2 Å². The lowest BCUT2D eigenvalue weighted by Crippen LogP contribution is -2.51. The fourth-order valence-electron chi connectivity index (χ4n) is 19.7. The molecule has 6 aromatic carbocycles. The van der Waals surface area contributed by atoms with Gasteiger partial charge in [-0.2, -0.15) is 45.1 Å². The summed E-state index contributed by atoms with van der Waals surface area (Å²) in [5, 5.41) is 19.3. The van der Waals surface area contributed by atoms with Crippen molar-refractivity contribution >= 4 is 40.3 Å². The van der Waals surface area contributed by atoms with Gasteiger partial charge in [-0.05, 0) is 174 Å². The zero-order valence-corrected chi connectivity index (χ0v) is 66.6. The maximum atomic E-state index is 14.2. The van der Waals surface area contributed by atoms with Crippen molar-refractivity contribution in [1.82, 2.24) is 60.1 Å². The Balaban J connectivity index is 0.0000000990. The number of benzene rings is 6. The number of halogens is 2. The van der Waals surface area contributed by atoms with E-state index in [4.69, 9.17) is 82.0 Å². The molecule has 29 heteroatoms. The van der Waals surface area contributed by atoms with E-state index >= 15 is 0 Å². The summed E-state index contributed by atoms with van der Waals surface area (Å²) < 4.78 is 51.6. The van der Waals surface area contributed by atoms with Gasteiger partial charge in [0.05, 0.1) is 53.0 Å². The van der Waals surface area contributed by atoms with E-state index in [1.807, 2.05) is 39.2 Å². The lowest BCUT2D eigenvalue weighted by molar-refractivity contribution is 0.297. The molecule has 12 aromatic rings. The Kier molecular flexibility index (Phi) is 18.3. The second kappa shape index (κ2) is 29.4. The van der Waals surface area contributed by atoms with Gasteiger partial charge >= 0.3 is 24.0 Å². The van der Waals surface area contributed by atoms with Crippen molar-refractivity contribution in [3.05, 3.63) is 226 Å². The van der Waals surface area contributed by atoms with Crippen LogP contribution in [-0.2, 0) is 25.7 Å². The smallest absolute Gasteiger partial charge is 0.324 e. The van der Waals surface area contributed by atoms with Gasteiger partial charge in [0.1, 0.15) is 58.0 Å².